The van der Waals surface area contributed by atoms with Crippen molar-refractivity contribution < 1.29 is 33.7 Å². The van der Waals surface area contributed by atoms with Gasteiger partial charge in [-0.05, 0) is 32.6 Å². The summed E-state index contributed by atoms with van der Waals surface area (Å²) in [5, 5.41) is 10.2. The molecule has 210 valence electrons. The Bertz CT molecular complexity index is 975. The van der Waals surface area contributed by atoms with Crippen molar-refractivity contribution in [2.24, 2.45) is 11.8 Å². The number of carbonyl (C=O) groups is 3. The van der Waals surface area contributed by atoms with Crippen molar-refractivity contribution in [1.82, 2.24) is 14.7 Å². The van der Waals surface area contributed by atoms with Crippen molar-refractivity contribution in [2.45, 2.75) is 62.8 Å². The molecule has 5 heterocycles. The van der Waals surface area contributed by atoms with E-state index in [-0.39, 0.29) is 18.4 Å². The Morgan fingerprint density at radius 3 is 2.55 bits per heavy atom. The summed E-state index contributed by atoms with van der Waals surface area (Å²) in [6, 6.07) is -1.54. The lowest BCUT2D eigenvalue weighted by Gasteiger charge is -2.40. The fraction of sp³-hybridized carbons (Fsp3) is 0.750. The van der Waals surface area contributed by atoms with E-state index in [1.165, 1.54) is 4.90 Å². The van der Waals surface area contributed by atoms with E-state index >= 15 is 0 Å². The van der Waals surface area contributed by atoms with Gasteiger partial charge in [0, 0.05) is 32.7 Å². The number of cyclic esters (lactones) is 1. The second kappa shape index (κ2) is 11.1. The van der Waals surface area contributed by atoms with Crippen LogP contribution in [0.25, 0.3) is 0 Å². The van der Waals surface area contributed by atoms with Gasteiger partial charge in [-0.3, -0.25) is 19.3 Å². The summed E-state index contributed by atoms with van der Waals surface area (Å²) in [5.74, 6) is -2.84. The molecule has 6 atom stereocenters. The number of ether oxygens (including phenoxy) is 3. The maximum Gasteiger partial charge on any atom is 0.313 e. The minimum Gasteiger partial charge on any atom is -0.465 e. The average molecular weight is 532 g/mol. The monoisotopic (exact) mass is 531 g/mol. The minimum atomic E-state index is -1.33. The Kier molecular flexibility index (Phi) is 7.96. The second-order valence-corrected chi connectivity index (χ2v) is 11.2. The quantitative estimate of drug-likeness (QED) is 0.395. The number of likely N-dealkylation sites (tertiary alicyclic amines) is 1. The number of rotatable bonds is 6. The number of allylic oxidation sites excluding steroid dienone is 1. The Morgan fingerprint density at radius 1 is 1.03 bits per heavy atom. The van der Waals surface area contributed by atoms with Crippen molar-refractivity contribution in [1.29, 1.82) is 0 Å². The van der Waals surface area contributed by atoms with Crippen LogP contribution in [0, 0.1) is 11.8 Å². The number of nitrogens with zero attached hydrogens (tertiary/aromatic N) is 3. The number of amides is 2. The molecule has 10 nitrogen and oxygen atoms in total. The molecule has 5 aliphatic heterocycles. The summed E-state index contributed by atoms with van der Waals surface area (Å²) in [6.07, 6.45) is 10.6. The van der Waals surface area contributed by atoms with E-state index in [1.807, 2.05) is 38.2 Å². The van der Waals surface area contributed by atoms with Crippen LogP contribution in [0.4, 0.5) is 0 Å². The van der Waals surface area contributed by atoms with Gasteiger partial charge in [-0.15, -0.1) is 0 Å². The van der Waals surface area contributed by atoms with Gasteiger partial charge < -0.3 is 29.1 Å². The van der Waals surface area contributed by atoms with Gasteiger partial charge in [-0.2, -0.15) is 0 Å². The number of fused-ring (bicyclic) bond motifs is 2. The van der Waals surface area contributed by atoms with Crippen LogP contribution in [0.2, 0.25) is 0 Å². The van der Waals surface area contributed by atoms with E-state index in [1.54, 1.807) is 4.90 Å². The number of esters is 1. The highest BCUT2D eigenvalue weighted by atomic mass is 16.6. The lowest BCUT2D eigenvalue weighted by Crippen LogP contribution is -2.59. The van der Waals surface area contributed by atoms with Gasteiger partial charge in [0.05, 0.1) is 44.0 Å². The Balaban J connectivity index is 1.54. The molecule has 10 heteroatoms. The fourth-order valence-electron chi connectivity index (χ4n) is 6.88. The molecule has 5 aliphatic rings. The van der Waals surface area contributed by atoms with Gasteiger partial charge in [0.15, 0.2) is 0 Å². The predicted octanol–water partition coefficient (Wildman–Crippen LogP) is 0.742. The third kappa shape index (κ3) is 4.59. The zero-order chi connectivity index (χ0) is 26.9. The third-order valence-electron chi connectivity index (χ3n) is 8.89. The summed E-state index contributed by atoms with van der Waals surface area (Å²) in [6.45, 7) is 8.29. The first kappa shape index (κ1) is 27.3. The Labute approximate surface area is 224 Å². The molecule has 1 unspecified atom stereocenters. The summed E-state index contributed by atoms with van der Waals surface area (Å²) < 4.78 is 17.9. The average Bonchev–Trinajstić information content (AvgIpc) is 3.25. The van der Waals surface area contributed by atoms with Gasteiger partial charge in [0.1, 0.15) is 17.6 Å². The molecule has 0 aromatic carbocycles. The first-order chi connectivity index (χ1) is 18.4. The number of hydrogen-bond donors (Lipinski definition) is 1. The van der Waals surface area contributed by atoms with E-state index in [4.69, 9.17) is 14.2 Å². The van der Waals surface area contributed by atoms with Crippen LogP contribution in [0.5, 0.6) is 0 Å². The summed E-state index contributed by atoms with van der Waals surface area (Å²) >= 11 is 0. The molecular formula is C28H41N3O7. The van der Waals surface area contributed by atoms with E-state index in [0.29, 0.717) is 45.9 Å². The van der Waals surface area contributed by atoms with E-state index in [2.05, 4.69) is 4.90 Å². The number of aliphatic hydroxyl groups is 1. The largest absolute Gasteiger partial charge is 0.465 e. The van der Waals surface area contributed by atoms with Crippen LogP contribution in [-0.4, -0.2) is 120 Å². The van der Waals surface area contributed by atoms with Crippen molar-refractivity contribution in [3.63, 3.8) is 0 Å². The highest BCUT2D eigenvalue weighted by Gasteiger charge is 2.75. The van der Waals surface area contributed by atoms with Gasteiger partial charge >= 0.3 is 5.97 Å². The molecule has 0 aromatic rings. The molecule has 1 spiro atoms. The number of aliphatic hydroxyl groups excluding tert-OH is 1. The highest BCUT2D eigenvalue weighted by molar-refractivity contribution is 5.99. The topological polar surface area (TPSA) is 109 Å². The lowest BCUT2D eigenvalue weighted by molar-refractivity contribution is -0.161. The van der Waals surface area contributed by atoms with Crippen molar-refractivity contribution >= 4 is 17.8 Å². The zero-order valence-electron chi connectivity index (χ0n) is 22.5. The lowest BCUT2D eigenvalue weighted by atomic mass is 9.74. The van der Waals surface area contributed by atoms with Crippen molar-refractivity contribution in [3.8, 4) is 0 Å². The zero-order valence-corrected chi connectivity index (χ0v) is 22.5. The molecule has 0 aliphatic carbocycles. The molecule has 5 rings (SSSR count). The van der Waals surface area contributed by atoms with Crippen LogP contribution in [0.15, 0.2) is 24.3 Å². The first-order valence-corrected chi connectivity index (χ1v) is 14.1. The molecule has 0 radical (unpaired) electrons. The second-order valence-electron chi connectivity index (χ2n) is 11.2. The first-order valence-electron chi connectivity index (χ1n) is 14.1. The van der Waals surface area contributed by atoms with Gasteiger partial charge in [-0.25, -0.2) is 0 Å². The Morgan fingerprint density at radius 2 is 1.82 bits per heavy atom. The highest BCUT2D eigenvalue weighted by Crippen LogP contribution is 2.57. The van der Waals surface area contributed by atoms with Crippen molar-refractivity contribution in [2.75, 3.05) is 59.2 Å². The summed E-state index contributed by atoms with van der Waals surface area (Å²) in [5.41, 5.74) is -2.44. The molecule has 1 N–H and O–H groups in total. The van der Waals surface area contributed by atoms with Crippen LogP contribution >= 0.6 is 0 Å². The molecule has 3 fully saturated rings. The molecule has 0 aromatic heterocycles. The minimum absolute atomic E-state index is 0.212. The molecular weight excluding hydrogens is 490 g/mol. The van der Waals surface area contributed by atoms with Gasteiger partial charge in [0.25, 0.3) is 0 Å². The smallest absolute Gasteiger partial charge is 0.313 e. The molecule has 3 saturated heterocycles. The maximum atomic E-state index is 14.3. The number of hydrogen-bond acceptors (Lipinski definition) is 8. The number of carbonyl (C=O) groups excluding carboxylic acids is 3. The third-order valence-corrected chi connectivity index (χ3v) is 8.89. The molecule has 0 bridgehead atoms. The van der Waals surface area contributed by atoms with Crippen LogP contribution < -0.4 is 0 Å². The van der Waals surface area contributed by atoms with E-state index < -0.39 is 41.1 Å². The molecule has 38 heavy (non-hydrogen) atoms. The van der Waals surface area contributed by atoms with Gasteiger partial charge in [-0.1, -0.05) is 31.2 Å². The predicted molar refractivity (Wildman–Crippen MR) is 138 cm³/mol. The summed E-state index contributed by atoms with van der Waals surface area (Å²) in [4.78, 5) is 47.6. The van der Waals surface area contributed by atoms with Gasteiger partial charge in [0.2, 0.25) is 11.8 Å². The van der Waals surface area contributed by atoms with Crippen LogP contribution in [0.3, 0.4) is 0 Å². The molecule has 0 saturated carbocycles. The van der Waals surface area contributed by atoms with Crippen LogP contribution in [-0.2, 0) is 28.6 Å². The Hall–Kier alpha value is -2.27. The van der Waals surface area contributed by atoms with E-state index in [9.17, 15) is 19.5 Å². The number of morpholine rings is 1. The summed E-state index contributed by atoms with van der Waals surface area (Å²) in [7, 11) is 0. The van der Waals surface area contributed by atoms with Crippen molar-refractivity contribution in [3.05, 3.63) is 24.3 Å². The van der Waals surface area contributed by atoms with E-state index in [0.717, 1.165) is 32.4 Å². The normalized spacial score (nSPS) is 37.8. The maximum absolute atomic E-state index is 14.3. The van der Waals surface area contributed by atoms with Crippen LogP contribution in [0.1, 0.15) is 39.5 Å². The fourth-order valence-corrected chi connectivity index (χ4v) is 6.88. The standard InChI is InChI=1S/C28H41N3O7/c1-3-20(19-32)31-23-25(34)30(13-12-29-14-17-36-18-15-29)11-8-10-28(23)21(24(31)33)22-26(35)37-16-7-5-4-6-9-27(22,2)38-28/h6,8-10,20-23,32H,3-5,7,11-19H2,1-2H3/b9-6-/t20-,21-,22+,23?,27-,28-/m0/s1. The molecule has 2 amide bonds. The SMILES string of the molecule is CC[C@@H](CO)N1C(=O)[C@@H]2[C@@H]3C(=O)OCCCC/C=C\[C@]3(C)O[C@@]23C=CCN(CCN2CCOCC2)C(=O)C13.